The van der Waals surface area contributed by atoms with Crippen molar-refractivity contribution in [2.75, 3.05) is 19.6 Å². The Kier molecular flexibility index (Phi) is 5.51. The van der Waals surface area contributed by atoms with Gasteiger partial charge in [-0.1, -0.05) is 28.1 Å². The smallest absolute Gasteiger partial charge is 0.250 e. The van der Waals surface area contributed by atoms with E-state index in [1.807, 2.05) is 21.8 Å². The van der Waals surface area contributed by atoms with Crippen LogP contribution in [0.5, 0.6) is 0 Å². The number of nitrogens with zero attached hydrogens (tertiary/aromatic N) is 3. The average Bonchev–Trinajstić information content (AvgIpc) is 3.17. The van der Waals surface area contributed by atoms with Gasteiger partial charge in [0.2, 0.25) is 0 Å². The first-order valence-corrected chi connectivity index (χ1v) is 9.26. The van der Waals surface area contributed by atoms with Crippen LogP contribution in [0.4, 0.5) is 0 Å². The summed E-state index contributed by atoms with van der Waals surface area (Å²) in [7, 11) is 0. The number of piperidine rings is 1. The second-order valence-corrected chi connectivity index (χ2v) is 7.44. The summed E-state index contributed by atoms with van der Waals surface area (Å²) in [4.78, 5) is 15.5. The van der Waals surface area contributed by atoms with Crippen LogP contribution < -0.4 is 5.32 Å². The van der Waals surface area contributed by atoms with Crippen LogP contribution in [0, 0.1) is 0 Å². The lowest BCUT2D eigenvalue weighted by Crippen LogP contribution is -2.56. The van der Waals surface area contributed by atoms with Crippen molar-refractivity contribution in [3.05, 3.63) is 52.3 Å². The number of fused-ring (bicyclic) bond motifs is 1. The van der Waals surface area contributed by atoms with Gasteiger partial charge in [-0.2, -0.15) is 5.10 Å². The molecule has 0 saturated carbocycles. The number of nitrogens with one attached hydrogen (secondary N) is 1. The van der Waals surface area contributed by atoms with Gasteiger partial charge in [-0.15, -0.1) is 12.4 Å². The molecule has 1 aromatic carbocycles. The van der Waals surface area contributed by atoms with E-state index in [1.165, 1.54) is 11.1 Å². The Morgan fingerprint density at radius 1 is 1.24 bits per heavy atom. The molecule has 0 spiro atoms. The molecule has 2 aromatic rings. The minimum atomic E-state index is -0.548. The third-order valence-corrected chi connectivity index (χ3v) is 6.02. The van der Waals surface area contributed by atoms with Gasteiger partial charge in [-0.3, -0.25) is 9.48 Å². The molecule has 1 aromatic heterocycles. The van der Waals surface area contributed by atoms with E-state index >= 15 is 0 Å². The molecule has 0 atom stereocenters. The standard InChI is InChI=1S/C18H21BrN4O.ClH/c19-16-4-1-3-14-5-12-22(13-15(14)16)17(24)18(6-9-20-10-7-18)23-11-2-8-21-23;/h1-4,8,11,20H,5-7,9-10,12-13H2;1H. The monoisotopic (exact) mass is 424 g/mol. The number of hydrogen-bond donors (Lipinski definition) is 1. The molecule has 0 radical (unpaired) electrons. The van der Waals surface area contributed by atoms with Crippen molar-refractivity contribution in [3.63, 3.8) is 0 Å². The summed E-state index contributed by atoms with van der Waals surface area (Å²) >= 11 is 3.64. The fraction of sp³-hybridized carbons (Fsp3) is 0.444. The summed E-state index contributed by atoms with van der Waals surface area (Å²) in [5.41, 5.74) is 2.03. The molecule has 1 N–H and O–H groups in total. The number of carbonyl (C=O) groups excluding carboxylic acids is 1. The number of halogens is 2. The zero-order chi connectivity index (χ0) is 16.6. The lowest BCUT2D eigenvalue weighted by Gasteiger charge is -2.41. The van der Waals surface area contributed by atoms with Gasteiger partial charge in [-0.25, -0.2) is 0 Å². The zero-order valence-electron chi connectivity index (χ0n) is 13.9. The SMILES string of the molecule is Cl.O=C(N1CCc2cccc(Br)c2C1)C1(n2cccn2)CCNCC1. The van der Waals surface area contributed by atoms with E-state index in [1.54, 1.807) is 6.20 Å². The first-order chi connectivity index (χ1) is 11.7. The summed E-state index contributed by atoms with van der Waals surface area (Å²) in [6, 6.07) is 8.19. The normalized spacial score (nSPS) is 19.0. The maximum Gasteiger partial charge on any atom is 0.250 e. The van der Waals surface area contributed by atoms with Crippen LogP contribution in [0.3, 0.4) is 0 Å². The van der Waals surface area contributed by atoms with Crippen LogP contribution in [0.2, 0.25) is 0 Å². The second kappa shape index (κ2) is 7.48. The largest absolute Gasteiger partial charge is 0.336 e. The molecule has 0 aliphatic carbocycles. The molecule has 2 aliphatic rings. The van der Waals surface area contributed by atoms with Gasteiger partial charge in [0.15, 0.2) is 0 Å². The van der Waals surface area contributed by atoms with Crippen LogP contribution in [-0.4, -0.2) is 40.2 Å². The van der Waals surface area contributed by atoms with Crippen LogP contribution >= 0.6 is 28.3 Å². The van der Waals surface area contributed by atoms with Gasteiger partial charge in [0.05, 0.1) is 0 Å². The maximum absolute atomic E-state index is 13.5. The summed E-state index contributed by atoms with van der Waals surface area (Å²) < 4.78 is 2.97. The summed E-state index contributed by atoms with van der Waals surface area (Å²) in [6.07, 6.45) is 6.17. The van der Waals surface area contributed by atoms with Gasteiger partial charge < -0.3 is 10.2 Å². The summed E-state index contributed by atoms with van der Waals surface area (Å²) in [6.45, 7) is 3.14. The van der Waals surface area contributed by atoms with E-state index in [-0.39, 0.29) is 18.3 Å². The van der Waals surface area contributed by atoms with Crippen molar-refractivity contribution < 1.29 is 4.79 Å². The predicted molar refractivity (Wildman–Crippen MR) is 103 cm³/mol. The van der Waals surface area contributed by atoms with Crippen LogP contribution in [0.25, 0.3) is 0 Å². The van der Waals surface area contributed by atoms with Gasteiger partial charge in [0, 0.05) is 30.0 Å². The molecule has 4 rings (SSSR count). The third kappa shape index (κ3) is 3.23. The lowest BCUT2D eigenvalue weighted by molar-refractivity contribution is -0.144. The summed E-state index contributed by atoms with van der Waals surface area (Å²) in [5, 5.41) is 7.79. The molecule has 0 bridgehead atoms. The molecule has 1 saturated heterocycles. The number of carbonyl (C=O) groups is 1. The summed E-state index contributed by atoms with van der Waals surface area (Å²) in [5.74, 6) is 0.203. The Bertz CT molecular complexity index is 744. The Morgan fingerprint density at radius 3 is 2.76 bits per heavy atom. The van der Waals surface area contributed by atoms with Gasteiger partial charge in [-0.05, 0) is 55.6 Å². The number of hydrogen-bond acceptors (Lipinski definition) is 3. The highest BCUT2D eigenvalue weighted by Crippen LogP contribution is 2.33. The Balaban J connectivity index is 0.00000182. The fourth-order valence-corrected chi connectivity index (χ4v) is 4.44. The second-order valence-electron chi connectivity index (χ2n) is 6.59. The molecule has 0 unspecified atom stereocenters. The number of aromatic nitrogens is 2. The van der Waals surface area contributed by atoms with E-state index in [0.717, 1.165) is 43.4 Å². The predicted octanol–water partition coefficient (Wildman–Crippen LogP) is 2.73. The Labute approximate surface area is 162 Å². The number of benzene rings is 1. The van der Waals surface area contributed by atoms with E-state index < -0.39 is 5.54 Å². The van der Waals surface area contributed by atoms with Gasteiger partial charge in [0.1, 0.15) is 5.54 Å². The van der Waals surface area contributed by atoms with Crippen LogP contribution in [-0.2, 0) is 23.3 Å². The molecular weight excluding hydrogens is 404 g/mol. The minimum Gasteiger partial charge on any atom is -0.336 e. The number of rotatable bonds is 2. The molecule has 7 heteroatoms. The van der Waals surface area contributed by atoms with Crippen LogP contribution in [0.15, 0.2) is 41.1 Å². The quantitative estimate of drug-likeness (QED) is 0.805. The third-order valence-electron chi connectivity index (χ3n) is 5.27. The van der Waals surface area contributed by atoms with E-state index in [4.69, 9.17) is 0 Å². The number of amides is 1. The first-order valence-electron chi connectivity index (χ1n) is 8.47. The average molecular weight is 426 g/mol. The highest BCUT2D eigenvalue weighted by Gasteiger charge is 2.45. The van der Waals surface area contributed by atoms with Crippen LogP contribution in [0.1, 0.15) is 24.0 Å². The van der Waals surface area contributed by atoms with Crippen molar-refractivity contribution in [3.8, 4) is 0 Å². The molecule has 134 valence electrons. The molecule has 25 heavy (non-hydrogen) atoms. The van der Waals surface area contributed by atoms with E-state index in [0.29, 0.717) is 6.54 Å². The molecule has 1 fully saturated rings. The van der Waals surface area contributed by atoms with E-state index in [2.05, 4.69) is 44.5 Å². The van der Waals surface area contributed by atoms with Crippen molar-refractivity contribution in [1.82, 2.24) is 20.0 Å². The van der Waals surface area contributed by atoms with E-state index in [9.17, 15) is 4.79 Å². The van der Waals surface area contributed by atoms with Crippen molar-refractivity contribution in [1.29, 1.82) is 0 Å². The molecule has 5 nitrogen and oxygen atoms in total. The Morgan fingerprint density at radius 2 is 2.04 bits per heavy atom. The zero-order valence-corrected chi connectivity index (χ0v) is 16.4. The first kappa shape index (κ1) is 18.4. The molecule has 1 amide bonds. The lowest BCUT2D eigenvalue weighted by atomic mass is 9.86. The molecular formula is C18H22BrClN4O. The van der Waals surface area contributed by atoms with Gasteiger partial charge >= 0.3 is 0 Å². The molecule has 2 aliphatic heterocycles. The highest BCUT2D eigenvalue weighted by molar-refractivity contribution is 9.10. The fourth-order valence-electron chi connectivity index (χ4n) is 3.91. The van der Waals surface area contributed by atoms with Crippen molar-refractivity contribution >= 4 is 34.2 Å². The minimum absolute atomic E-state index is 0. The van der Waals surface area contributed by atoms with Gasteiger partial charge in [0.25, 0.3) is 5.91 Å². The topological polar surface area (TPSA) is 50.2 Å². The highest BCUT2D eigenvalue weighted by atomic mass is 79.9. The van der Waals surface area contributed by atoms with Crippen molar-refractivity contribution in [2.24, 2.45) is 0 Å². The molecule has 3 heterocycles. The maximum atomic E-state index is 13.5. The van der Waals surface area contributed by atoms with Crippen molar-refractivity contribution in [2.45, 2.75) is 31.3 Å². The Hall–Kier alpha value is -1.37.